The van der Waals surface area contributed by atoms with E-state index in [2.05, 4.69) is 15.5 Å². The average molecular weight is 331 g/mol. The van der Waals surface area contributed by atoms with E-state index in [1.165, 1.54) is 11.0 Å². The number of hydrogen-bond donors (Lipinski definition) is 0. The average Bonchev–Trinajstić information content (AvgIpc) is 3.31. The summed E-state index contributed by atoms with van der Waals surface area (Å²) in [6.07, 6.45) is 3.31. The van der Waals surface area contributed by atoms with E-state index in [0.717, 1.165) is 29.9 Å². The van der Waals surface area contributed by atoms with Crippen molar-refractivity contribution in [3.8, 4) is 11.5 Å². The number of carbonyl (C=O) groups is 1. The first-order chi connectivity index (χ1) is 11.7. The number of methoxy groups -OCH3 is 2. The second kappa shape index (κ2) is 6.86. The van der Waals surface area contributed by atoms with Crippen LogP contribution in [0.25, 0.3) is 0 Å². The highest BCUT2D eigenvalue weighted by molar-refractivity contribution is 5.80. The Morgan fingerprint density at radius 3 is 2.83 bits per heavy atom. The van der Waals surface area contributed by atoms with Crippen molar-refractivity contribution in [3.63, 3.8) is 0 Å². The number of rotatable bonds is 5. The third-order valence-corrected chi connectivity index (χ3v) is 4.45. The zero-order valence-electron chi connectivity index (χ0n) is 14.0. The van der Waals surface area contributed by atoms with Gasteiger partial charge in [-0.1, -0.05) is 0 Å². The van der Waals surface area contributed by atoms with Gasteiger partial charge in [-0.15, -0.1) is 5.10 Å². The molecule has 1 amide bonds. The van der Waals surface area contributed by atoms with Gasteiger partial charge in [0.05, 0.1) is 20.3 Å². The molecule has 0 unspecified atom stereocenters. The van der Waals surface area contributed by atoms with Crippen LogP contribution in [0.4, 0.5) is 0 Å². The van der Waals surface area contributed by atoms with Crippen LogP contribution in [0.2, 0.25) is 0 Å². The monoisotopic (exact) mass is 331 g/mol. The number of benzene rings is 1. The van der Waals surface area contributed by atoms with E-state index in [1.54, 1.807) is 21.1 Å². The number of tetrazole rings is 1. The van der Waals surface area contributed by atoms with Crippen molar-refractivity contribution in [2.75, 3.05) is 20.8 Å². The summed E-state index contributed by atoms with van der Waals surface area (Å²) in [6, 6.07) is 5.25. The van der Waals surface area contributed by atoms with Crippen molar-refractivity contribution < 1.29 is 14.3 Å². The molecule has 1 aromatic heterocycles. The van der Waals surface area contributed by atoms with Crippen LogP contribution in [0.15, 0.2) is 24.5 Å². The summed E-state index contributed by atoms with van der Waals surface area (Å²) in [5.41, 5.74) is 0.994. The lowest BCUT2D eigenvalue weighted by atomic mass is 10.0. The standard InChI is InChI=1S/C16H21N5O3/c1-11(21-10-17-18-19-21)16(22)20-8-4-5-14(20)13-7-6-12(23-2)9-15(13)24-3/h6-7,9-11,14H,4-5,8H2,1-3H3/t11-,14-/m0/s1. The van der Waals surface area contributed by atoms with E-state index in [0.29, 0.717) is 6.54 Å². The summed E-state index contributed by atoms with van der Waals surface area (Å²) in [7, 11) is 3.25. The first kappa shape index (κ1) is 16.2. The third-order valence-electron chi connectivity index (χ3n) is 4.45. The smallest absolute Gasteiger partial charge is 0.247 e. The van der Waals surface area contributed by atoms with Crippen molar-refractivity contribution in [3.05, 3.63) is 30.1 Å². The first-order valence-electron chi connectivity index (χ1n) is 7.90. The van der Waals surface area contributed by atoms with E-state index in [4.69, 9.17) is 9.47 Å². The maximum atomic E-state index is 12.9. The van der Waals surface area contributed by atoms with Crippen LogP contribution in [-0.4, -0.2) is 51.8 Å². The summed E-state index contributed by atoms with van der Waals surface area (Å²) in [5, 5.41) is 11.0. The molecule has 0 saturated carbocycles. The third kappa shape index (κ3) is 2.91. The van der Waals surface area contributed by atoms with Crippen molar-refractivity contribution >= 4 is 5.91 Å². The number of nitrogens with zero attached hydrogens (tertiary/aromatic N) is 5. The van der Waals surface area contributed by atoms with E-state index in [9.17, 15) is 4.79 Å². The Labute approximate surface area is 140 Å². The number of hydrogen-bond acceptors (Lipinski definition) is 6. The summed E-state index contributed by atoms with van der Waals surface area (Å²) in [6.45, 7) is 2.52. The second-order valence-corrected chi connectivity index (χ2v) is 5.76. The minimum absolute atomic E-state index is 0.00247. The normalized spacial score (nSPS) is 18.5. The highest BCUT2D eigenvalue weighted by atomic mass is 16.5. The fourth-order valence-electron chi connectivity index (χ4n) is 3.15. The van der Waals surface area contributed by atoms with E-state index < -0.39 is 6.04 Å². The fourth-order valence-corrected chi connectivity index (χ4v) is 3.15. The zero-order chi connectivity index (χ0) is 17.1. The Morgan fingerprint density at radius 1 is 1.33 bits per heavy atom. The van der Waals surface area contributed by atoms with E-state index >= 15 is 0 Å². The quantitative estimate of drug-likeness (QED) is 0.828. The Hall–Kier alpha value is -2.64. The molecule has 0 aliphatic carbocycles. The lowest BCUT2D eigenvalue weighted by Crippen LogP contribution is -2.36. The SMILES string of the molecule is COc1ccc([C@@H]2CCCN2C(=O)[C@H](C)n2cnnn2)c(OC)c1. The highest BCUT2D eigenvalue weighted by Gasteiger charge is 2.34. The zero-order valence-corrected chi connectivity index (χ0v) is 14.0. The highest BCUT2D eigenvalue weighted by Crippen LogP contribution is 2.39. The molecular formula is C16H21N5O3. The van der Waals surface area contributed by atoms with Crippen molar-refractivity contribution in [2.45, 2.75) is 31.8 Å². The van der Waals surface area contributed by atoms with Crippen LogP contribution in [0.1, 0.15) is 37.4 Å². The van der Waals surface area contributed by atoms with E-state index in [-0.39, 0.29) is 11.9 Å². The van der Waals surface area contributed by atoms with Crippen LogP contribution < -0.4 is 9.47 Å². The molecule has 24 heavy (non-hydrogen) atoms. The molecule has 3 rings (SSSR count). The van der Waals surface area contributed by atoms with Gasteiger partial charge in [-0.25, -0.2) is 4.68 Å². The molecule has 128 valence electrons. The predicted molar refractivity (Wildman–Crippen MR) is 85.8 cm³/mol. The van der Waals surface area contributed by atoms with Crippen LogP contribution in [0, 0.1) is 0 Å². The van der Waals surface area contributed by atoms with Crippen LogP contribution in [0.5, 0.6) is 11.5 Å². The lowest BCUT2D eigenvalue weighted by Gasteiger charge is -2.28. The van der Waals surface area contributed by atoms with Gasteiger partial charge in [0, 0.05) is 18.2 Å². The van der Waals surface area contributed by atoms with Gasteiger partial charge >= 0.3 is 0 Å². The van der Waals surface area contributed by atoms with Gasteiger partial charge in [0.15, 0.2) is 0 Å². The molecule has 1 saturated heterocycles. The Kier molecular flexibility index (Phi) is 4.64. The van der Waals surface area contributed by atoms with Gasteiger partial charge in [0.2, 0.25) is 5.91 Å². The molecule has 0 bridgehead atoms. The molecule has 1 aromatic carbocycles. The summed E-state index contributed by atoms with van der Waals surface area (Å²) in [5.74, 6) is 1.46. The number of carbonyl (C=O) groups excluding carboxylic acids is 1. The molecule has 0 N–H and O–H groups in total. The fraction of sp³-hybridized carbons (Fsp3) is 0.500. The molecule has 1 aliphatic heterocycles. The van der Waals surface area contributed by atoms with Crippen LogP contribution in [-0.2, 0) is 4.79 Å². The number of amides is 1. The summed E-state index contributed by atoms with van der Waals surface area (Å²) in [4.78, 5) is 14.8. The van der Waals surface area contributed by atoms with Gasteiger partial charge < -0.3 is 14.4 Å². The molecule has 8 heteroatoms. The molecule has 2 aromatic rings. The van der Waals surface area contributed by atoms with Gasteiger partial charge in [-0.2, -0.15) is 0 Å². The minimum Gasteiger partial charge on any atom is -0.497 e. The molecule has 1 aliphatic rings. The molecular weight excluding hydrogens is 310 g/mol. The first-order valence-corrected chi connectivity index (χ1v) is 7.90. The maximum absolute atomic E-state index is 12.9. The van der Waals surface area contributed by atoms with Gasteiger partial charge in [-0.3, -0.25) is 4.79 Å². The Bertz CT molecular complexity index is 704. The second-order valence-electron chi connectivity index (χ2n) is 5.76. The topological polar surface area (TPSA) is 82.4 Å². The number of likely N-dealkylation sites (tertiary alicyclic amines) is 1. The van der Waals surface area contributed by atoms with Crippen molar-refractivity contribution in [1.82, 2.24) is 25.1 Å². The van der Waals surface area contributed by atoms with Gasteiger partial charge in [-0.05, 0) is 42.3 Å². The largest absolute Gasteiger partial charge is 0.497 e. The van der Waals surface area contributed by atoms with Crippen molar-refractivity contribution in [2.24, 2.45) is 0 Å². The Balaban J connectivity index is 1.87. The number of aromatic nitrogens is 4. The lowest BCUT2D eigenvalue weighted by molar-refractivity contribution is -0.135. The van der Waals surface area contributed by atoms with Crippen LogP contribution >= 0.6 is 0 Å². The van der Waals surface area contributed by atoms with Gasteiger partial charge in [0.1, 0.15) is 23.9 Å². The minimum atomic E-state index is -0.440. The predicted octanol–water partition coefficient (Wildman–Crippen LogP) is 1.61. The van der Waals surface area contributed by atoms with Crippen LogP contribution in [0.3, 0.4) is 0 Å². The maximum Gasteiger partial charge on any atom is 0.247 e. The van der Waals surface area contributed by atoms with Gasteiger partial charge in [0.25, 0.3) is 0 Å². The number of ether oxygens (including phenoxy) is 2. The summed E-state index contributed by atoms with van der Waals surface area (Å²) >= 11 is 0. The molecule has 0 spiro atoms. The van der Waals surface area contributed by atoms with Crippen molar-refractivity contribution in [1.29, 1.82) is 0 Å². The molecule has 8 nitrogen and oxygen atoms in total. The molecule has 2 atom stereocenters. The molecule has 0 radical (unpaired) electrons. The summed E-state index contributed by atoms with van der Waals surface area (Å²) < 4.78 is 12.2. The molecule has 1 fully saturated rings. The Morgan fingerprint density at radius 2 is 2.17 bits per heavy atom. The van der Waals surface area contributed by atoms with E-state index in [1.807, 2.05) is 23.1 Å². The molecule has 2 heterocycles.